The van der Waals surface area contributed by atoms with Crippen molar-refractivity contribution in [3.8, 4) is 0 Å². The van der Waals surface area contributed by atoms with Gasteiger partial charge in [0.2, 0.25) is 0 Å². The van der Waals surface area contributed by atoms with Crippen molar-refractivity contribution in [1.82, 2.24) is 14.9 Å². The van der Waals surface area contributed by atoms with Crippen LogP contribution < -0.4 is 5.73 Å². The Morgan fingerprint density at radius 2 is 1.85 bits per heavy atom. The summed E-state index contributed by atoms with van der Waals surface area (Å²) in [6.07, 6.45) is 6.59. The summed E-state index contributed by atoms with van der Waals surface area (Å²) in [6.45, 7) is 1.31. The first-order valence-electron chi connectivity index (χ1n) is 8.51. The molecule has 132 valence electrons. The zero-order valence-corrected chi connectivity index (χ0v) is 14.9. The first kappa shape index (κ1) is 16.7. The minimum Gasteiger partial charge on any atom is -0.365 e. The van der Waals surface area contributed by atoms with Crippen LogP contribution in [0.25, 0.3) is 10.2 Å². The van der Waals surface area contributed by atoms with E-state index >= 15 is 0 Å². The van der Waals surface area contributed by atoms with Crippen molar-refractivity contribution in [3.63, 3.8) is 0 Å². The van der Waals surface area contributed by atoms with E-state index in [0.29, 0.717) is 23.5 Å². The third kappa shape index (κ3) is 2.94. The summed E-state index contributed by atoms with van der Waals surface area (Å²) in [6, 6.07) is 7.34. The number of thiophene rings is 1. The van der Waals surface area contributed by atoms with Crippen LogP contribution in [-0.2, 0) is 0 Å². The average Bonchev–Trinajstić information content (AvgIpc) is 3.08. The van der Waals surface area contributed by atoms with Crippen molar-refractivity contribution >= 4 is 33.4 Å². The quantitative estimate of drug-likeness (QED) is 0.772. The van der Waals surface area contributed by atoms with E-state index in [1.165, 1.54) is 11.3 Å². The normalized spacial score (nSPS) is 15.3. The number of hydrogen-bond acceptors (Lipinski definition) is 5. The van der Waals surface area contributed by atoms with Gasteiger partial charge >= 0.3 is 0 Å². The topological polar surface area (TPSA) is 89.2 Å². The van der Waals surface area contributed by atoms with Gasteiger partial charge < -0.3 is 10.6 Å². The van der Waals surface area contributed by atoms with Crippen molar-refractivity contribution in [3.05, 3.63) is 58.9 Å². The van der Waals surface area contributed by atoms with Crippen LogP contribution in [0.15, 0.2) is 42.9 Å². The zero-order valence-electron chi connectivity index (χ0n) is 14.1. The summed E-state index contributed by atoms with van der Waals surface area (Å²) in [5.41, 5.74) is 7.27. The van der Waals surface area contributed by atoms with E-state index in [1.807, 2.05) is 17.0 Å². The summed E-state index contributed by atoms with van der Waals surface area (Å²) in [5, 5.41) is 1.00. The van der Waals surface area contributed by atoms with Gasteiger partial charge in [0.1, 0.15) is 4.83 Å². The SMILES string of the molecule is NC(=O)c1sc2ncccc2c1C1CCN(C(=O)c2ccncc2)CC1. The van der Waals surface area contributed by atoms with Crippen molar-refractivity contribution < 1.29 is 9.59 Å². The van der Waals surface area contributed by atoms with Gasteiger partial charge in [-0.25, -0.2) is 4.98 Å². The third-order valence-corrected chi connectivity index (χ3v) is 5.99. The molecule has 0 unspecified atom stereocenters. The number of piperidine rings is 1. The molecular weight excluding hydrogens is 348 g/mol. The van der Waals surface area contributed by atoms with Gasteiger partial charge in [0.05, 0.1) is 4.88 Å². The van der Waals surface area contributed by atoms with Crippen LogP contribution in [0.2, 0.25) is 0 Å². The summed E-state index contributed by atoms with van der Waals surface area (Å²) >= 11 is 1.36. The molecule has 0 atom stereocenters. The van der Waals surface area contributed by atoms with Crippen molar-refractivity contribution in [1.29, 1.82) is 0 Å². The van der Waals surface area contributed by atoms with Gasteiger partial charge in [-0.2, -0.15) is 0 Å². The number of fused-ring (bicyclic) bond motifs is 1. The number of rotatable bonds is 3. The lowest BCUT2D eigenvalue weighted by Crippen LogP contribution is -2.38. The molecular formula is C19H18N4O2S. The van der Waals surface area contributed by atoms with E-state index in [4.69, 9.17) is 5.73 Å². The molecule has 2 amide bonds. The number of nitrogens with zero attached hydrogens (tertiary/aromatic N) is 3. The van der Waals surface area contributed by atoms with Gasteiger partial charge in [0.15, 0.2) is 0 Å². The second-order valence-corrected chi connectivity index (χ2v) is 7.37. The highest BCUT2D eigenvalue weighted by Gasteiger charge is 2.29. The third-order valence-electron chi connectivity index (χ3n) is 4.85. The average molecular weight is 366 g/mol. The number of carbonyl (C=O) groups excluding carboxylic acids is 2. The Bertz CT molecular complexity index is 962. The summed E-state index contributed by atoms with van der Waals surface area (Å²) in [4.78, 5) is 36.1. The molecule has 1 fully saturated rings. The summed E-state index contributed by atoms with van der Waals surface area (Å²) < 4.78 is 0. The van der Waals surface area contributed by atoms with E-state index in [2.05, 4.69) is 9.97 Å². The molecule has 6 nitrogen and oxygen atoms in total. The number of likely N-dealkylation sites (tertiary alicyclic amines) is 1. The van der Waals surface area contributed by atoms with Crippen LogP contribution in [0, 0.1) is 0 Å². The molecule has 26 heavy (non-hydrogen) atoms. The van der Waals surface area contributed by atoms with Crippen LogP contribution in [0.4, 0.5) is 0 Å². The van der Waals surface area contributed by atoms with E-state index in [0.717, 1.165) is 28.6 Å². The molecule has 4 heterocycles. The Morgan fingerprint density at radius 3 is 2.54 bits per heavy atom. The summed E-state index contributed by atoms with van der Waals surface area (Å²) in [5.74, 6) is -0.173. The number of aromatic nitrogens is 2. The molecule has 1 aliphatic heterocycles. The smallest absolute Gasteiger partial charge is 0.259 e. The van der Waals surface area contributed by atoms with Crippen LogP contribution >= 0.6 is 11.3 Å². The second-order valence-electron chi connectivity index (χ2n) is 6.37. The Kier molecular flexibility index (Phi) is 4.38. The number of nitrogens with two attached hydrogens (primary N) is 1. The standard InChI is InChI=1S/C19H18N4O2S/c20-17(24)16-15(14-2-1-7-22-18(14)26-16)12-5-10-23(11-6-12)19(25)13-3-8-21-9-4-13/h1-4,7-9,12H,5-6,10-11H2,(H2,20,24). The van der Waals surface area contributed by atoms with Crippen molar-refractivity contribution in [2.45, 2.75) is 18.8 Å². The molecule has 1 aliphatic rings. The molecule has 3 aromatic heterocycles. The molecule has 4 rings (SSSR count). The van der Waals surface area contributed by atoms with E-state index < -0.39 is 5.91 Å². The van der Waals surface area contributed by atoms with Crippen LogP contribution in [0.5, 0.6) is 0 Å². The minimum absolute atomic E-state index is 0.0258. The lowest BCUT2D eigenvalue weighted by molar-refractivity contribution is 0.0712. The highest BCUT2D eigenvalue weighted by molar-refractivity contribution is 7.20. The monoisotopic (exact) mass is 366 g/mol. The molecule has 3 aromatic rings. The summed E-state index contributed by atoms with van der Waals surface area (Å²) in [7, 11) is 0. The molecule has 0 radical (unpaired) electrons. The molecule has 0 aromatic carbocycles. The predicted molar refractivity (Wildman–Crippen MR) is 100 cm³/mol. The second kappa shape index (κ2) is 6.84. The lowest BCUT2D eigenvalue weighted by Gasteiger charge is -2.32. The van der Waals surface area contributed by atoms with Gasteiger partial charge in [-0.1, -0.05) is 6.07 Å². The number of carbonyl (C=O) groups is 2. The van der Waals surface area contributed by atoms with Gasteiger partial charge in [0.25, 0.3) is 11.8 Å². The highest BCUT2D eigenvalue weighted by Crippen LogP contribution is 2.39. The van der Waals surface area contributed by atoms with Gasteiger partial charge in [-0.05, 0) is 42.5 Å². The van der Waals surface area contributed by atoms with Crippen LogP contribution in [0.3, 0.4) is 0 Å². The van der Waals surface area contributed by atoms with E-state index in [1.54, 1.807) is 30.7 Å². The Morgan fingerprint density at radius 1 is 1.12 bits per heavy atom. The molecule has 0 saturated carbocycles. The first-order valence-corrected chi connectivity index (χ1v) is 9.33. The maximum Gasteiger partial charge on any atom is 0.259 e. The van der Waals surface area contributed by atoms with Gasteiger partial charge in [-0.15, -0.1) is 11.3 Å². The maximum atomic E-state index is 12.6. The Hall–Kier alpha value is -2.80. The van der Waals surface area contributed by atoms with Crippen LogP contribution in [-0.4, -0.2) is 39.8 Å². The highest BCUT2D eigenvalue weighted by atomic mass is 32.1. The molecule has 0 bridgehead atoms. The molecule has 7 heteroatoms. The zero-order chi connectivity index (χ0) is 18.1. The molecule has 0 spiro atoms. The minimum atomic E-state index is -0.404. The number of pyridine rings is 2. The van der Waals surface area contributed by atoms with Crippen LogP contribution in [0.1, 0.15) is 44.4 Å². The predicted octanol–water partition coefficient (Wildman–Crippen LogP) is 2.81. The first-order chi connectivity index (χ1) is 12.6. The van der Waals surface area contributed by atoms with Gasteiger partial charge in [-0.3, -0.25) is 14.6 Å². The maximum absolute atomic E-state index is 12.6. The molecule has 1 saturated heterocycles. The molecule has 2 N–H and O–H groups in total. The van der Waals surface area contributed by atoms with E-state index in [9.17, 15) is 9.59 Å². The fourth-order valence-electron chi connectivity index (χ4n) is 3.59. The van der Waals surface area contributed by atoms with Crippen molar-refractivity contribution in [2.75, 3.05) is 13.1 Å². The fraction of sp³-hybridized carbons (Fsp3) is 0.263. The van der Waals surface area contributed by atoms with E-state index in [-0.39, 0.29) is 11.8 Å². The number of amides is 2. The van der Waals surface area contributed by atoms with Gasteiger partial charge in [0, 0.05) is 42.6 Å². The Labute approximate surface area is 154 Å². The van der Waals surface area contributed by atoms with Crippen molar-refractivity contribution in [2.24, 2.45) is 5.73 Å². The lowest BCUT2D eigenvalue weighted by atomic mass is 9.87. The Balaban J connectivity index is 1.57. The fourth-order valence-corrected chi connectivity index (χ4v) is 4.67. The largest absolute Gasteiger partial charge is 0.365 e. The molecule has 0 aliphatic carbocycles. The number of hydrogen-bond donors (Lipinski definition) is 1. The number of primary amides is 1.